The van der Waals surface area contributed by atoms with Gasteiger partial charge in [0.2, 0.25) is 5.91 Å². The van der Waals surface area contributed by atoms with E-state index in [1.54, 1.807) is 31.7 Å². The second kappa shape index (κ2) is 7.39. The van der Waals surface area contributed by atoms with Gasteiger partial charge in [0.05, 0.1) is 6.54 Å². The molecule has 25 heavy (non-hydrogen) atoms. The molecule has 0 bridgehead atoms. The van der Waals surface area contributed by atoms with Crippen molar-refractivity contribution < 1.29 is 18.7 Å². The molecule has 0 aliphatic carbocycles. The van der Waals surface area contributed by atoms with Gasteiger partial charge in [-0.2, -0.15) is 0 Å². The Balaban J connectivity index is 2.32. The van der Waals surface area contributed by atoms with Crippen LogP contribution >= 0.6 is 0 Å². The third kappa shape index (κ3) is 5.16. The van der Waals surface area contributed by atoms with Gasteiger partial charge in [-0.05, 0) is 58.6 Å². The third-order valence-electron chi connectivity index (χ3n) is 3.74. The van der Waals surface area contributed by atoms with Crippen LogP contribution in [0.5, 0.6) is 0 Å². The summed E-state index contributed by atoms with van der Waals surface area (Å²) in [5.74, 6) is -0.608. The number of fused-ring (bicyclic) bond motifs is 1. The Morgan fingerprint density at radius 2 is 1.96 bits per heavy atom. The van der Waals surface area contributed by atoms with E-state index < -0.39 is 17.5 Å². The molecule has 0 unspecified atom stereocenters. The maximum Gasteiger partial charge on any atom is 0.411 e. The first-order valence-electron chi connectivity index (χ1n) is 8.28. The van der Waals surface area contributed by atoms with E-state index in [2.05, 4.69) is 0 Å². The van der Waals surface area contributed by atoms with Crippen molar-refractivity contribution in [2.24, 2.45) is 0 Å². The zero-order valence-corrected chi connectivity index (χ0v) is 15.5. The average molecular weight is 351 g/mol. The van der Waals surface area contributed by atoms with Crippen molar-refractivity contribution >= 4 is 17.7 Å². The third-order valence-corrected chi connectivity index (χ3v) is 3.74. The van der Waals surface area contributed by atoms with Crippen LogP contribution in [0.1, 0.15) is 26.3 Å². The monoisotopic (exact) mass is 351 g/mol. The highest BCUT2D eigenvalue weighted by molar-refractivity contribution is 5.97. The Kier molecular flexibility index (Phi) is 5.67. The van der Waals surface area contributed by atoms with Crippen molar-refractivity contribution in [3.63, 3.8) is 0 Å². The van der Waals surface area contributed by atoms with Gasteiger partial charge in [-0.3, -0.25) is 9.69 Å². The van der Waals surface area contributed by atoms with E-state index >= 15 is 0 Å². The lowest BCUT2D eigenvalue weighted by molar-refractivity contribution is -0.119. The topological polar surface area (TPSA) is 53.1 Å². The number of rotatable bonds is 3. The van der Waals surface area contributed by atoms with Gasteiger partial charge in [-0.1, -0.05) is 0 Å². The van der Waals surface area contributed by atoms with Crippen LogP contribution in [0, 0.1) is 5.82 Å². The fraction of sp³-hybridized carbons (Fsp3) is 0.556. The number of amides is 2. The van der Waals surface area contributed by atoms with Crippen LogP contribution in [0.3, 0.4) is 0 Å². The summed E-state index contributed by atoms with van der Waals surface area (Å²) in [5.41, 5.74) is 0.566. The average Bonchev–Trinajstić information content (AvgIpc) is 2.59. The molecule has 0 saturated heterocycles. The fourth-order valence-corrected chi connectivity index (χ4v) is 2.59. The molecule has 0 spiro atoms. The normalized spacial score (nSPS) is 15.2. The summed E-state index contributed by atoms with van der Waals surface area (Å²) in [7, 11) is 3.84. The summed E-state index contributed by atoms with van der Waals surface area (Å²) in [4.78, 5) is 30.0. The van der Waals surface area contributed by atoms with Crippen molar-refractivity contribution in [2.75, 3.05) is 38.6 Å². The number of carbonyl (C=O) groups is 2. The predicted molar refractivity (Wildman–Crippen MR) is 94.0 cm³/mol. The molecular formula is C18H26FN3O3. The lowest BCUT2D eigenvalue weighted by atomic mass is 10.1. The van der Waals surface area contributed by atoms with E-state index in [1.165, 1.54) is 17.0 Å². The quantitative estimate of drug-likeness (QED) is 0.839. The Hall–Kier alpha value is -2.15. The van der Waals surface area contributed by atoms with Crippen LogP contribution in [0.15, 0.2) is 18.2 Å². The Morgan fingerprint density at radius 3 is 2.56 bits per heavy atom. The minimum absolute atomic E-state index is 0.0986. The number of hydrogen-bond donors (Lipinski definition) is 0. The smallest absolute Gasteiger partial charge is 0.411 e. The minimum atomic E-state index is -0.665. The Bertz CT molecular complexity index is 655. The molecule has 0 atom stereocenters. The molecular weight excluding hydrogens is 325 g/mol. The standard InChI is InChI=1S/C18H26FN3O3/c1-18(2,3)25-17(24)21-11-13-10-14(19)6-7-15(13)22(16(23)12-21)9-8-20(4)5/h6-7,10H,8-9,11-12H2,1-5H3. The number of benzene rings is 1. The zero-order valence-electron chi connectivity index (χ0n) is 15.5. The highest BCUT2D eigenvalue weighted by atomic mass is 19.1. The molecule has 1 heterocycles. The second-order valence-electron chi connectivity index (χ2n) is 7.46. The molecule has 2 rings (SSSR count). The van der Waals surface area contributed by atoms with Gasteiger partial charge in [0, 0.05) is 18.8 Å². The van der Waals surface area contributed by atoms with Crippen LogP contribution in [-0.2, 0) is 16.1 Å². The zero-order chi connectivity index (χ0) is 18.8. The van der Waals surface area contributed by atoms with Gasteiger partial charge in [0.25, 0.3) is 0 Å². The van der Waals surface area contributed by atoms with Crippen LogP contribution in [0.4, 0.5) is 14.9 Å². The highest BCUT2D eigenvalue weighted by Crippen LogP contribution is 2.27. The van der Waals surface area contributed by atoms with E-state index in [-0.39, 0.29) is 19.0 Å². The summed E-state index contributed by atoms with van der Waals surface area (Å²) in [5, 5.41) is 0. The van der Waals surface area contributed by atoms with Crippen molar-refractivity contribution in [1.82, 2.24) is 9.80 Å². The van der Waals surface area contributed by atoms with Crippen molar-refractivity contribution in [2.45, 2.75) is 32.9 Å². The van der Waals surface area contributed by atoms with Crippen molar-refractivity contribution in [1.29, 1.82) is 0 Å². The fourth-order valence-electron chi connectivity index (χ4n) is 2.59. The molecule has 0 aromatic heterocycles. The maximum absolute atomic E-state index is 13.7. The summed E-state index contributed by atoms with van der Waals surface area (Å²) in [6.07, 6.45) is -0.578. The number of likely N-dealkylation sites (N-methyl/N-ethyl adjacent to an activating group) is 1. The molecule has 138 valence electrons. The largest absolute Gasteiger partial charge is 0.444 e. The number of anilines is 1. The lowest BCUT2D eigenvalue weighted by Crippen LogP contribution is -2.43. The van der Waals surface area contributed by atoms with E-state index in [9.17, 15) is 14.0 Å². The molecule has 0 radical (unpaired) electrons. The van der Waals surface area contributed by atoms with Crippen LogP contribution < -0.4 is 4.90 Å². The lowest BCUT2D eigenvalue weighted by Gasteiger charge is -2.26. The molecule has 1 aliphatic rings. The number of halogens is 1. The molecule has 6 nitrogen and oxygen atoms in total. The number of carbonyl (C=O) groups excluding carboxylic acids is 2. The molecule has 1 aromatic carbocycles. The molecule has 7 heteroatoms. The number of nitrogens with zero attached hydrogens (tertiary/aromatic N) is 3. The summed E-state index contributed by atoms with van der Waals surface area (Å²) in [6.45, 7) is 6.46. The molecule has 2 amide bonds. The Morgan fingerprint density at radius 1 is 1.28 bits per heavy atom. The maximum atomic E-state index is 13.7. The second-order valence-corrected chi connectivity index (χ2v) is 7.46. The number of hydrogen-bond acceptors (Lipinski definition) is 4. The summed E-state index contributed by atoms with van der Waals surface area (Å²) in [6, 6.07) is 4.29. The molecule has 0 saturated carbocycles. The predicted octanol–water partition coefficient (Wildman–Crippen LogP) is 2.47. The first-order chi connectivity index (χ1) is 11.6. The van der Waals surface area contributed by atoms with Crippen LogP contribution in [-0.4, -0.2) is 61.1 Å². The van der Waals surface area contributed by atoms with Gasteiger partial charge in [0.1, 0.15) is 18.0 Å². The summed E-state index contributed by atoms with van der Waals surface area (Å²) < 4.78 is 19.1. The van der Waals surface area contributed by atoms with E-state index in [1.807, 2.05) is 19.0 Å². The molecule has 0 N–H and O–H groups in total. The van der Waals surface area contributed by atoms with Crippen LogP contribution in [0.25, 0.3) is 0 Å². The Labute approximate surface area is 148 Å². The number of ether oxygens (including phenoxy) is 1. The first-order valence-corrected chi connectivity index (χ1v) is 8.28. The minimum Gasteiger partial charge on any atom is -0.444 e. The SMILES string of the molecule is CN(C)CCN1C(=O)CN(C(=O)OC(C)(C)C)Cc2cc(F)ccc21. The van der Waals surface area contributed by atoms with Crippen molar-refractivity contribution in [3.8, 4) is 0 Å². The van der Waals surface area contributed by atoms with Gasteiger partial charge in [0.15, 0.2) is 0 Å². The molecule has 1 aliphatic heterocycles. The van der Waals surface area contributed by atoms with Gasteiger partial charge >= 0.3 is 6.09 Å². The molecule has 0 fully saturated rings. The van der Waals surface area contributed by atoms with Gasteiger partial charge < -0.3 is 14.5 Å². The highest BCUT2D eigenvalue weighted by Gasteiger charge is 2.31. The van der Waals surface area contributed by atoms with E-state index in [4.69, 9.17) is 4.74 Å². The molecule has 1 aromatic rings. The van der Waals surface area contributed by atoms with E-state index in [0.717, 1.165) is 0 Å². The van der Waals surface area contributed by atoms with Crippen molar-refractivity contribution in [3.05, 3.63) is 29.6 Å². The van der Waals surface area contributed by atoms with Gasteiger partial charge in [-0.15, -0.1) is 0 Å². The van der Waals surface area contributed by atoms with Gasteiger partial charge in [-0.25, -0.2) is 9.18 Å². The van der Waals surface area contributed by atoms with E-state index in [0.29, 0.717) is 24.3 Å². The van der Waals surface area contributed by atoms with Crippen LogP contribution in [0.2, 0.25) is 0 Å². The first kappa shape index (κ1) is 19.2. The summed E-state index contributed by atoms with van der Waals surface area (Å²) >= 11 is 0.